The van der Waals surface area contributed by atoms with E-state index in [9.17, 15) is 17.2 Å². The largest absolute Gasteiger partial charge is 0.269 e. The number of aryl methyl sites for hydroxylation is 1. The van der Waals surface area contributed by atoms with Gasteiger partial charge in [0.05, 0.1) is 5.69 Å². The van der Waals surface area contributed by atoms with Gasteiger partial charge in [-0.3, -0.25) is 4.31 Å². The van der Waals surface area contributed by atoms with Crippen LogP contribution in [0.5, 0.6) is 0 Å². The van der Waals surface area contributed by atoms with E-state index in [4.69, 9.17) is 0 Å². The minimum atomic E-state index is -4.14. The fraction of sp³-hybridized carbons (Fsp3) is 0.143. The summed E-state index contributed by atoms with van der Waals surface area (Å²) >= 11 is 2.90. The van der Waals surface area contributed by atoms with Crippen LogP contribution in [-0.2, 0) is 10.0 Å². The van der Waals surface area contributed by atoms with Gasteiger partial charge in [-0.15, -0.1) is 0 Å². The molecule has 0 radical (unpaired) electrons. The molecule has 0 atom stereocenters. The lowest BCUT2D eigenvalue weighted by atomic mass is 10.2. The number of hydrogen-bond acceptors (Lipinski definition) is 2. The maximum Gasteiger partial charge on any atom is 0.268 e. The van der Waals surface area contributed by atoms with Crippen LogP contribution < -0.4 is 4.31 Å². The molecule has 0 N–H and O–H groups in total. The molecule has 0 aliphatic heterocycles. The average Bonchev–Trinajstić information content (AvgIpc) is 2.37. The van der Waals surface area contributed by atoms with Crippen molar-refractivity contribution >= 4 is 31.6 Å². The van der Waals surface area contributed by atoms with Gasteiger partial charge < -0.3 is 0 Å². The second-order valence-electron chi connectivity index (χ2n) is 4.51. The zero-order valence-electron chi connectivity index (χ0n) is 11.3. The maximum atomic E-state index is 13.9. The lowest BCUT2D eigenvalue weighted by Crippen LogP contribution is -2.27. The van der Waals surface area contributed by atoms with Crippen molar-refractivity contribution in [1.82, 2.24) is 0 Å². The number of benzene rings is 2. The third-order valence-corrected chi connectivity index (χ3v) is 5.73. The molecule has 0 fully saturated rings. The smallest absolute Gasteiger partial charge is 0.268 e. The predicted octanol–water partition coefficient (Wildman–Crippen LogP) is 3.86. The molecule has 0 saturated heterocycles. The fourth-order valence-electron chi connectivity index (χ4n) is 1.81. The maximum absolute atomic E-state index is 13.9. The highest BCUT2D eigenvalue weighted by molar-refractivity contribution is 9.10. The molecule has 0 aliphatic rings. The van der Waals surface area contributed by atoms with E-state index in [-0.39, 0.29) is 4.47 Å². The topological polar surface area (TPSA) is 37.4 Å². The molecule has 0 heterocycles. The van der Waals surface area contributed by atoms with Crippen LogP contribution in [0.1, 0.15) is 5.56 Å². The van der Waals surface area contributed by atoms with Crippen molar-refractivity contribution in [1.29, 1.82) is 0 Å². The summed E-state index contributed by atoms with van der Waals surface area (Å²) in [6.45, 7) is 1.87. The lowest BCUT2D eigenvalue weighted by Gasteiger charge is -2.20. The van der Waals surface area contributed by atoms with Crippen LogP contribution in [0.15, 0.2) is 45.8 Å². The van der Waals surface area contributed by atoms with Gasteiger partial charge in [0.25, 0.3) is 10.0 Å². The third-order valence-electron chi connectivity index (χ3n) is 2.98. The molecule has 0 saturated carbocycles. The van der Waals surface area contributed by atoms with E-state index in [1.807, 2.05) is 6.92 Å². The van der Waals surface area contributed by atoms with Gasteiger partial charge in [-0.2, -0.15) is 0 Å². The Morgan fingerprint density at radius 2 is 1.67 bits per heavy atom. The number of anilines is 1. The van der Waals surface area contributed by atoms with Gasteiger partial charge in [0.2, 0.25) is 0 Å². The summed E-state index contributed by atoms with van der Waals surface area (Å²) < 4.78 is 52.8. The predicted molar refractivity (Wildman–Crippen MR) is 80.8 cm³/mol. The first-order valence-electron chi connectivity index (χ1n) is 5.93. The van der Waals surface area contributed by atoms with Gasteiger partial charge in [-0.1, -0.05) is 17.7 Å². The van der Waals surface area contributed by atoms with Gasteiger partial charge in [-0.25, -0.2) is 17.2 Å². The summed E-state index contributed by atoms with van der Waals surface area (Å²) in [5, 5.41) is 0. The number of rotatable bonds is 3. The standard InChI is InChI=1S/C14H12BrF2NO2S/c1-9-3-5-11(6-4-9)18(2)21(19,20)14-12(15)7-10(16)8-13(14)17/h3-8H,1-2H3. The lowest BCUT2D eigenvalue weighted by molar-refractivity contribution is 0.546. The highest BCUT2D eigenvalue weighted by atomic mass is 79.9. The molecule has 0 aliphatic carbocycles. The van der Waals surface area contributed by atoms with Crippen LogP contribution >= 0.6 is 15.9 Å². The van der Waals surface area contributed by atoms with Crippen molar-refractivity contribution in [2.45, 2.75) is 11.8 Å². The first-order chi connectivity index (χ1) is 9.73. The van der Waals surface area contributed by atoms with Crippen molar-refractivity contribution < 1.29 is 17.2 Å². The Morgan fingerprint density at radius 3 is 2.19 bits per heavy atom. The van der Waals surface area contributed by atoms with Crippen LogP contribution in [0.3, 0.4) is 0 Å². The van der Waals surface area contributed by atoms with Gasteiger partial charge in [0, 0.05) is 17.6 Å². The van der Waals surface area contributed by atoms with E-state index in [2.05, 4.69) is 15.9 Å². The second kappa shape index (κ2) is 5.73. The highest BCUT2D eigenvalue weighted by Crippen LogP contribution is 2.30. The van der Waals surface area contributed by atoms with Gasteiger partial charge in [-0.05, 0) is 41.1 Å². The summed E-state index contributed by atoms with van der Waals surface area (Å²) in [4.78, 5) is -0.591. The molecule has 0 aromatic heterocycles. The Balaban J connectivity index is 2.54. The molecule has 3 nitrogen and oxygen atoms in total. The number of hydrogen-bond donors (Lipinski definition) is 0. The Bertz CT molecular complexity index is 753. The van der Waals surface area contributed by atoms with E-state index in [1.165, 1.54) is 7.05 Å². The summed E-state index contributed by atoms with van der Waals surface area (Å²) in [5.41, 5.74) is 1.36. The summed E-state index contributed by atoms with van der Waals surface area (Å²) in [6, 6.07) is 8.18. The van der Waals surface area contributed by atoms with Gasteiger partial charge in [0.15, 0.2) is 0 Å². The number of nitrogens with zero attached hydrogens (tertiary/aromatic N) is 1. The first kappa shape index (κ1) is 15.9. The molecule has 0 unspecified atom stereocenters. The van der Waals surface area contributed by atoms with E-state index in [0.29, 0.717) is 11.8 Å². The third kappa shape index (κ3) is 3.08. The van der Waals surface area contributed by atoms with E-state index >= 15 is 0 Å². The first-order valence-corrected chi connectivity index (χ1v) is 8.17. The zero-order chi connectivity index (χ0) is 15.8. The van der Waals surface area contributed by atoms with E-state index in [1.54, 1.807) is 24.3 Å². The Morgan fingerprint density at radius 1 is 1.10 bits per heavy atom. The van der Waals surface area contributed by atoms with Crippen LogP contribution in [-0.4, -0.2) is 15.5 Å². The molecular formula is C14H12BrF2NO2S. The fourth-order valence-corrected chi connectivity index (χ4v) is 4.11. The highest BCUT2D eigenvalue weighted by Gasteiger charge is 2.28. The normalized spacial score (nSPS) is 11.5. The molecular weight excluding hydrogens is 364 g/mol. The Hall–Kier alpha value is -1.47. The summed E-state index contributed by atoms with van der Waals surface area (Å²) in [6.07, 6.45) is 0. The minimum absolute atomic E-state index is 0.154. The van der Waals surface area contributed by atoms with Crippen LogP contribution in [0.2, 0.25) is 0 Å². The monoisotopic (exact) mass is 375 g/mol. The summed E-state index contributed by atoms with van der Waals surface area (Å²) in [5.74, 6) is -1.99. The van der Waals surface area contributed by atoms with Crippen molar-refractivity contribution in [3.05, 3.63) is 58.1 Å². The minimum Gasteiger partial charge on any atom is -0.269 e. The molecule has 2 aromatic carbocycles. The molecule has 2 rings (SSSR count). The van der Waals surface area contributed by atoms with E-state index < -0.39 is 26.6 Å². The number of sulfonamides is 1. The van der Waals surface area contributed by atoms with Crippen molar-refractivity contribution in [2.75, 3.05) is 11.4 Å². The quantitative estimate of drug-likeness (QED) is 0.816. The second-order valence-corrected chi connectivity index (χ2v) is 7.27. The van der Waals surface area contributed by atoms with E-state index in [0.717, 1.165) is 15.9 Å². The number of halogens is 3. The van der Waals surface area contributed by atoms with Gasteiger partial charge >= 0.3 is 0 Å². The molecule has 0 bridgehead atoms. The molecule has 2 aromatic rings. The SMILES string of the molecule is Cc1ccc(N(C)S(=O)(=O)c2c(F)cc(F)cc2Br)cc1. The molecule has 7 heteroatoms. The Labute approximate surface area is 130 Å². The van der Waals surface area contributed by atoms with Gasteiger partial charge in [0.1, 0.15) is 16.5 Å². The molecule has 0 amide bonds. The molecule has 112 valence electrons. The van der Waals surface area contributed by atoms with Crippen LogP contribution in [0.4, 0.5) is 14.5 Å². The van der Waals surface area contributed by atoms with Crippen LogP contribution in [0, 0.1) is 18.6 Å². The van der Waals surface area contributed by atoms with Crippen molar-refractivity contribution in [3.8, 4) is 0 Å². The zero-order valence-corrected chi connectivity index (χ0v) is 13.7. The molecule has 21 heavy (non-hydrogen) atoms. The van der Waals surface area contributed by atoms with Crippen LogP contribution in [0.25, 0.3) is 0 Å². The molecule has 0 spiro atoms. The van der Waals surface area contributed by atoms with Crippen molar-refractivity contribution in [3.63, 3.8) is 0 Å². The average molecular weight is 376 g/mol. The summed E-state index contributed by atoms with van der Waals surface area (Å²) in [7, 11) is -2.82. The van der Waals surface area contributed by atoms with Crippen molar-refractivity contribution in [2.24, 2.45) is 0 Å². The Kier molecular flexibility index (Phi) is 4.34.